The third-order valence-corrected chi connectivity index (χ3v) is 3.68. The Kier molecular flexibility index (Phi) is 3.46. The SMILES string of the molecule is O=C(O)[C@@H]1Cc2ccccc2CN1C(=O)c1cncc(=O)[nH]1. The molecule has 0 spiro atoms. The monoisotopic (exact) mass is 299 g/mol. The summed E-state index contributed by atoms with van der Waals surface area (Å²) in [5.74, 6) is -1.62. The van der Waals surface area contributed by atoms with Crippen molar-refractivity contribution in [1.29, 1.82) is 0 Å². The molecule has 0 radical (unpaired) electrons. The number of amides is 1. The van der Waals surface area contributed by atoms with Gasteiger partial charge in [-0.05, 0) is 11.1 Å². The van der Waals surface area contributed by atoms with Gasteiger partial charge in [0.05, 0.1) is 12.4 Å². The average molecular weight is 299 g/mol. The minimum atomic E-state index is -1.07. The van der Waals surface area contributed by atoms with E-state index in [2.05, 4.69) is 9.97 Å². The number of hydrogen-bond donors (Lipinski definition) is 2. The summed E-state index contributed by atoms with van der Waals surface area (Å²) >= 11 is 0. The summed E-state index contributed by atoms with van der Waals surface area (Å²) in [6, 6.07) is 6.44. The number of carbonyl (C=O) groups is 2. The van der Waals surface area contributed by atoms with Crippen molar-refractivity contribution in [3.63, 3.8) is 0 Å². The Morgan fingerprint density at radius 3 is 2.64 bits per heavy atom. The Morgan fingerprint density at radius 2 is 1.95 bits per heavy atom. The smallest absolute Gasteiger partial charge is 0.326 e. The van der Waals surface area contributed by atoms with E-state index in [1.807, 2.05) is 24.3 Å². The standard InChI is InChI=1S/C15H13N3O4/c19-13-7-16-6-11(17-13)14(20)18-8-10-4-2-1-3-9(10)5-12(18)15(21)22/h1-4,6-7,12H,5,8H2,(H,17,19)(H,21,22)/t12-/m0/s1. The Morgan fingerprint density at radius 1 is 1.23 bits per heavy atom. The number of nitrogens with one attached hydrogen (secondary N) is 1. The molecule has 1 atom stereocenters. The molecule has 1 aliphatic rings. The van der Waals surface area contributed by atoms with Crippen molar-refractivity contribution in [3.05, 3.63) is 63.8 Å². The quantitative estimate of drug-likeness (QED) is 0.836. The molecule has 3 rings (SSSR count). The fourth-order valence-electron chi connectivity index (χ4n) is 2.60. The summed E-state index contributed by atoms with van der Waals surface area (Å²) < 4.78 is 0. The van der Waals surface area contributed by atoms with Crippen LogP contribution in [-0.4, -0.2) is 37.9 Å². The van der Waals surface area contributed by atoms with Gasteiger partial charge in [0.25, 0.3) is 11.5 Å². The maximum absolute atomic E-state index is 12.5. The number of benzene rings is 1. The number of fused-ring (bicyclic) bond motifs is 1. The van der Waals surface area contributed by atoms with Gasteiger partial charge in [-0.15, -0.1) is 0 Å². The average Bonchev–Trinajstić information content (AvgIpc) is 2.52. The van der Waals surface area contributed by atoms with Gasteiger partial charge in [-0.2, -0.15) is 0 Å². The van der Waals surface area contributed by atoms with Crippen molar-refractivity contribution >= 4 is 11.9 Å². The van der Waals surface area contributed by atoms with Crippen molar-refractivity contribution in [2.45, 2.75) is 19.0 Å². The molecule has 2 aromatic rings. The second-order valence-electron chi connectivity index (χ2n) is 5.07. The maximum atomic E-state index is 12.5. The van der Waals surface area contributed by atoms with E-state index in [1.165, 1.54) is 11.1 Å². The molecule has 0 saturated heterocycles. The lowest BCUT2D eigenvalue weighted by molar-refractivity contribution is -0.142. The number of aromatic amines is 1. The predicted molar refractivity (Wildman–Crippen MR) is 76.3 cm³/mol. The van der Waals surface area contributed by atoms with Gasteiger partial charge in [0.1, 0.15) is 11.7 Å². The van der Waals surface area contributed by atoms with E-state index in [1.54, 1.807) is 0 Å². The molecule has 112 valence electrons. The van der Waals surface area contributed by atoms with Crippen LogP contribution < -0.4 is 5.56 Å². The highest BCUT2D eigenvalue weighted by Gasteiger charge is 2.35. The fourth-order valence-corrected chi connectivity index (χ4v) is 2.60. The number of nitrogens with zero attached hydrogens (tertiary/aromatic N) is 2. The zero-order valence-electron chi connectivity index (χ0n) is 11.5. The summed E-state index contributed by atoms with van der Waals surface area (Å²) in [4.78, 5) is 42.6. The van der Waals surface area contributed by atoms with E-state index in [0.717, 1.165) is 17.3 Å². The number of carbonyl (C=O) groups excluding carboxylic acids is 1. The molecule has 1 aromatic carbocycles. The number of rotatable bonds is 2. The summed E-state index contributed by atoms with van der Waals surface area (Å²) in [7, 11) is 0. The number of aliphatic carboxylic acids is 1. The first kappa shape index (κ1) is 14.0. The first-order valence-corrected chi connectivity index (χ1v) is 6.71. The van der Waals surface area contributed by atoms with Crippen molar-refractivity contribution in [2.24, 2.45) is 0 Å². The van der Waals surface area contributed by atoms with Gasteiger partial charge < -0.3 is 15.0 Å². The number of hydrogen-bond acceptors (Lipinski definition) is 4. The zero-order chi connectivity index (χ0) is 15.7. The van der Waals surface area contributed by atoms with Crippen LogP contribution in [0.5, 0.6) is 0 Å². The van der Waals surface area contributed by atoms with Crippen LogP contribution in [0.2, 0.25) is 0 Å². The molecule has 2 heterocycles. The molecule has 0 unspecified atom stereocenters. The van der Waals surface area contributed by atoms with Crippen molar-refractivity contribution in [3.8, 4) is 0 Å². The van der Waals surface area contributed by atoms with E-state index >= 15 is 0 Å². The topological polar surface area (TPSA) is 103 Å². The molecule has 1 aliphatic heterocycles. The van der Waals surface area contributed by atoms with Crippen LogP contribution in [-0.2, 0) is 17.8 Å². The second-order valence-corrected chi connectivity index (χ2v) is 5.07. The third-order valence-electron chi connectivity index (χ3n) is 3.68. The van der Waals surface area contributed by atoms with Gasteiger partial charge in [-0.25, -0.2) is 4.79 Å². The zero-order valence-corrected chi connectivity index (χ0v) is 11.5. The summed E-state index contributed by atoms with van der Waals surface area (Å²) in [5, 5.41) is 9.40. The minimum absolute atomic E-state index is 0.0156. The summed E-state index contributed by atoms with van der Waals surface area (Å²) in [6.07, 6.45) is 2.52. The second kappa shape index (κ2) is 5.44. The Balaban J connectivity index is 1.99. The van der Waals surface area contributed by atoms with E-state index < -0.39 is 23.5 Å². The highest BCUT2D eigenvalue weighted by atomic mass is 16.4. The van der Waals surface area contributed by atoms with Crippen LogP contribution in [0.3, 0.4) is 0 Å². The highest BCUT2D eigenvalue weighted by Crippen LogP contribution is 2.24. The van der Waals surface area contributed by atoms with Crippen molar-refractivity contribution < 1.29 is 14.7 Å². The van der Waals surface area contributed by atoms with Gasteiger partial charge in [-0.1, -0.05) is 24.3 Å². The molecule has 1 amide bonds. The molecule has 1 aromatic heterocycles. The Hall–Kier alpha value is -2.96. The lowest BCUT2D eigenvalue weighted by atomic mass is 9.93. The molecule has 22 heavy (non-hydrogen) atoms. The summed E-state index contributed by atoms with van der Waals surface area (Å²) in [5.41, 5.74) is 1.30. The van der Waals surface area contributed by atoms with Crippen molar-refractivity contribution in [2.75, 3.05) is 0 Å². The maximum Gasteiger partial charge on any atom is 0.326 e. The van der Waals surface area contributed by atoms with Crippen LogP contribution in [0.15, 0.2) is 41.5 Å². The van der Waals surface area contributed by atoms with Gasteiger partial charge in [0.15, 0.2) is 0 Å². The van der Waals surface area contributed by atoms with Crippen molar-refractivity contribution in [1.82, 2.24) is 14.9 Å². The number of aromatic nitrogens is 2. The van der Waals surface area contributed by atoms with Gasteiger partial charge >= 0.3 is 5.97 Å². The third kappa shape index (κ3) is 2.48. The number of H-pyrrole nitrogens is 1. The van der Waals surface area contributed by atoms with Crippen LogP contribution in [0.4, 0.5) is 0 Å². The highest BCUT2D eigenvalue weighted by molar-refractivity contribution is 5.95. The fraction of sp³-hybridized carbons (Fsp3) is 0.200. The van der Waals surface area contributed by atoms with Gasteiger partial charge in [-0.3, -0.25) is 14.6 Å². The first-order chi connectivity index (χ1) is 10.6. The van der Waals surface area contributed by atoms with Gasteiger partial charge in [0, 0.05) is 13.0 Å². The van der Waals surface area contributed by atoms with E-state index in [-0.39, 0.29) is 18.7 Å². The van der Waals surface area contributed by atoms with E-state index in [4.69, 9.17) is 0 Å². The van der Waals surface area contributed by atoms with Gasteiger partial charge in [0.2, 0.25) is 0 Å². The molecule has 2 N–H and O–H groups in total. The Bertz CT molecular complexity index is 799. The molecular formula is C15H13N3O4. The van der Waals surface area contributed by atoms with E-state index in [9.17, 15) is 19.5 Å². The number of carboxylic acid groups (broad SMARTS) is 1. The lowest BCUT2D eigenvalue weighted by Gasteiger charge is -2.34. The molecule has 0 fully saturated rings. The molecule has 7 nitrogen and oxygen atoms in total. The molecule has 0 bridgehead atoms. The largest absolute Gasteiger partial charge is 0.480 e. The molecule has 0 saturated carbocycles. The molecule has 0 aliphatic carbocycles. The van der Waals surface area contributed by atoms with E-state index in [0.29, 0.717) is 0 Å². The van der Waals surface area contributed by atoms with Crippen LogP contribution in [0.1, 0.15) is 21.6 Å². The predicted octanol–water partition coefficient (Wildman–Crippen LogP) is 0.422. The number of carboxylic acids is 1. The Labute approximate surface area is 125 Å². The molecular weight excluding hydrogens is 286 g/mol. The minimum Gasteiger partial charge on any atom is -0.480 e. The van der Waals surface area contributed by atoms with Crippen LogP contribution in [0, 0.1) is 0 Å². The van der Waals surface area contributed by atoms with Crippen LogP contribution >= 0.6 is 0 Å². The lowest BCUT2D eigenvalue weighted by Crippen LogP contribution is -2.49. The summed E-state index contributed by atoms with van der Waals surface area (Å²) in [6.45, 7) is 0.183. The normalized spacial score (nSPS) is 16.9. The first-order valence-electron chi connectivity index (χ1n) is 6.71. The van der Waals surface area contributed by atoms with Crippen LogP contribution in [0.25, 0.3) is 0 Å². The molecule has 7 heteroatoms.